The van der Waals surface area contributed by atoms with Gasteiger partial charge in [-0.3, -0.25) is 0 Å². The molecule has 0 fully saturated rings. The van der Waals surface area contributed by atoms with Gasteiger partial charge in [0, 0.05) is 5.56 Å². The molecule has 0 aliphatic carbocycles. The van der Waals surface area contributed by atoms with Crippen LogP contribution in [0.15, 0.2) is 11.0 Å². The molecule has 0 aliphatic heterocycles. The highest BCUT2D eigenvalue weighted by Crippen LogP contribution is 2.26. The average molecular weight is 340 g/mol. The van der Waals surface area contributed by atoms with Crippen LogP contribution >= 0.6 is 11.3 Å². The summed E-state index contributed by atoms with van der Waals surface area (Å²) < 4.78 is 14.8. The van der Waals surface area contributed by atoms with Crippen molar-refractivity contribution in [1.29, 1.82) is 0 Å². The van der Waals surface area contributed by atoms with Crippen LogP contribution in [0.2, 0.25) is 0 Å². The number of aryl methyl sites for hydroxylation is 1. The molecule has 0 aromatic carbocycles. The van der Waals surface area contributed by atoms with Gasteiger partial charge in [-0.2, -0.15) is 0 Å². The Balaban J connectivity index is 3.30. The average Bonchev–Trinajstić information content (AvgIpc) is 2.86. The lowest BCUT2D eigenvalue weighted by Gasteiger charge is -2.07. The zero-order valence-corrected chi connectivity index (χ0v) is 14.5. The fourth-order valence-corrected chi connectivity index (χ4v) is 2.67. The Morgan fingerprint density at radius 2 is 1.52 bits per heavy atom. The summed E-state index contributed by atoms with van der Waals surface area (Å²) in [6, 6.07) is 0. The molecule has 7 heteroatoms. The van der Waals surface area contributed by atoms with E-state index in [0.717, 1.165) is 5.56 Å². The van der Waals surface area contributed by atoms with Crippen LogP contribution in [0.3, 0.4) is 0 Å². The molecule has 0 bridgehead atoms. The van der Waals surface area contributed by atoms with Gasteiger partial charge in [-0.1, -0.05) is 0 Å². The van der Waals surface area contributed by atoms with E-state index in [1.165, 1.54) is 17.4 Å². The number of esters is 3. The standard InChI is InChI=1S/C16H20O6S/c1-5-20-14(17)12(15(18)21-6-2)8-11-10(4)9-23-13(11)16(19)22-7-3/h8-9H,5-7H2,1-4H3. The lowest BCUT2D eigenvalue weighted by molar-refractivity contribution is -0.146. The molecule has 0 N–H and O–H groups in total. The van der Waals surface area contributed by atoms with Crippen LogP contribution in [0.5, 0.6) is 0 Å². The Labute approximate surface area is 139 Å². The monoisotopic (exact) mass is 340 g/mol. The van der Waals surface area contributed by atoms with Crippen molar-refractivity contribution in [2.75, 3.05) is 19.8 Å². The normalized spacial score (nSPS) is 9.91. The summed E-state index contributed by atoms with van der Waals surface area (Å²) in [5.41, 5.74) is 0.967. The predicted molar refractivity (Wildman–Crippen MR) is 86.3 cm³/mol. The molecule has 0 unspecified atom stereocenters. The molecule has 0 saturated carbocycles. The van der Waals surface area contributed by atoms with Crippen LogP contribution < -0.4 is 0 Å². The molecule has 6 nitrogen and oxygen atoms in total. The van der Waals surface area contributed by atoms with Gasteiger partial charge in [0.2, 0.25) is 0 Å². The van der Waals surface area contributed by atoms with E-state index in [1.807, 2.05) is 0 Å². The Morgan fingerprint density at radius 3 is 2.00 bits per heavy atom. The van der Waals surface area contributed by atoms with Crippen molar-refractivity contribution < 1.29 is 28.6 Å². The predicted octanol–water partition coefficient (Wildman–Crippen LogP) is 2.74. The molecule has 126 valence electrons. The van der Waals surface area contributed by atoms with Crippen molar-refractivity contribution >= 4 is 35.3 Å². The first kappa shape index (κ1) is 18.9. The molecule has 1 aromatic heterocycles. The maximum atomic E-state index is 12.0. The van der Waals surface area contributed by atoms with E-state index in [4.69, 9.17) is 14.2 Å². The summed E-state index contributed by atoms with van der Waals surface area (Å²) in [6.07, 6.45) is 1.33. The van der Waals surface area contributed by atoms with E-state index in [9.17, 15) is 14.4 Å². The van der Waals surface area contributed by atoms with Gasteiger partial charge in [0.05, 0.1) is 19.8 Å². The first-order chi connectivity index (χ1) is 11.0. The summed E-state index contributed by atoms with van der Waals surface area (Å²) in [6.45, 7) is 7.25. The second-order valence-electron chi connectivity index (χ2n) is 4.38. The Bertz CT molecular complexity index is 594. The summed E-state index contributed by atoms with van der Waals surface area (Å²) in [4.78, 5) is 36.3. The second-order valence-corrected chi connectivity index (χ2v) is 5.26. The number of hydrogen-bond acceptors (Lipinski definition) is 7. The van der Waals surface area contributed by atoms with Gasteiger partial charge < -0.3 is 14.2 Å². The number of hydrogen-bond donors (Lipinski definition) is 0. The third kappa shape index (κ3) is 4.92. The quantitative estimate of drug-likeness (QED) is 0.250. The first-order valence-corrected chi connectivity index (χ1v) is 8.15. The van der Waals surface area contributed by atoms with E-state index in [0.29, 0.717) is 10.4 Å². The van der Waals surface area contributed by atoms with Crippen molar-refractivity contribution in [1.82, 2.24) is 0 Å². The Kier molecular flexibility index (Phi) is 7.47. The fraction of sp³-hybridized carbons (Fsp3) is 0.438. The minimum absolute atomic E-state index is 0.128. The number of rotatable bonds is 7. The van der Waals surface area contributed by atoms with Crippen LogP contribution in [-0.4, -0.2) is 37.7 Å². The molecule has 0 spiro atoms. The zero-order chi connectivity index (χ0) is 17.4. The third-order valence-corrected chi connectivity index (χ3v) is 3.86. The molecule has 0 saturated heterocycles. The maximum Gasteiger partial charge on any atom is 0.348 e. The Hall–Kier alpha value is -2.15. The second kappa shape index (κ2) is 9.09. The van der Waals surface area contributed by atoms with Crippen LogP contribution in [0.4, 0.5) is 0 Å². The molecule has 0 amide bonds. The molecular weight excluding hydrogens is 320 g/mol. The SMILES string of the molecule is CCOC(=O)C(=Cc1c(C)csc1C(=O)OCC)C(=O)OCC. The van der Waals surface area contributed by atoms with Crippen molar-refractivity contribution in [3.05, 3.63) is 27.0 Å². The molecule has 1 heterocycles. The number of carbonyl (C=O) groups is 3. The Morgan fingerprint density at radius 1 is 1.00 bits per heavy atom. The van der Waals surface area contributed by atoms with Crippen molar-refractivity contribution in [2.24, 2.45) is 0 Å². The highest BCUT2D eigenvalue weighted by molar-refractivity contribution is 7.12. The smallest absolute Gasteiger partial charge is 0.348 e. The highest BCUT2D eigenvalue weighted by atomic mass is 32.1. The maximum absolute atomic E-state index is 12.0. The molecule has 23 heavy (non-hydrogen) atoms. The van der Waals surface area contributed by atoms with E-state index in [2.05, 4.69) is 0 Å². The molecule has 0 atom stereocenters. The molecule has 0 aliphatic rings. The zero-order valence-electron chi connectivity index (χ0n) is 13.6. The summed E-state index contributed by atoms with van der Waals surface area (Å²) in [5, 5.41) is 1.76. The molecule has 0 radical (unpaired) electrons. The van der Waals surface area contributed by atoms with Crippen LogP contribution in [-0.2, 0) is 23.8 Å². The molecule has 1 aromatic rings. The van der Waals surface area contributed by atoms with Crippen LogP contribution in [0.1, 0.15) is 41.6 Å². The van der Waals surface area contributed by atoms with Gasteiger partial charge in [0.25, 0.3) is 0 Å². The number of thiophene rings is 1. The summed E-state index contributed by atoms with van der Waals surface area (Å²) in [7, 11) is 0. The van der Waals surface area contributed by atoms with Crippen molar-refractivity contribution in [3.63, 3.8) is 0 Å². The lowest BCUT2D eigenvalue weighted by Crippen LogP contribution is -2.18. The first-order valence-electron chi connectivity index (χ1n) is 7.27. The van der Waals surface area contributed by atoms with Gasteiger partial charge in [-0.05, 0) is 44.7 Å². The van der Waals surface area contributed by atoms with Gasteiger partial charge in [-0.25, -0.2) is 14.4 Å². The largest absolute Gasteiger partial charge is 0.462 e. The lowest BCUT2D eigenvalue weighted by atomic mass is 10.1. The van der Waals surface area contributed by atoms with E-state index < -0.39 is 17.9 Å². The van der Waals surface area contributed by atoms with Gasteiger partial charge in [0.1, 0.15) is 10.5 Å². The summed E-state index contributed by atoms with van der Waals surface area (Å²) >= 11 is 1.19. The number of carbonyl (C=O) groups excluding carboxylic acids is 3. The van der Waals surface area contributed by atoms with E-state index in [1.54, 1.807) is 33.1 Å². The fourth-order valence-electron chi connectivity index (χ4n) is 1.75. The minimum atomic E-state index is -0.786. The van der Waals surface area contributed by atoms with Crippen molar-refractivity contribution in [3.8, 4) is 0 Å². The van der Waals surface area contributed by atoms with E-state index in [-0.39, 0.29) is 25.4 Å². The van der Waals surface area contributed by atoms with Gasteiger partial charge in [-0.15, -0.1) is 11.3 Å². The van der Waals surface area contributed by atoms with Crippen molar-refractivity contribution in [2.45, 2.75) is 27.7 Å². The van der Waals surface area contributed by atoms with Gasteiger partial charge in [0.15, 0.2) is 0 Å². The van der Waals surface area contributed by atoms with E-state index >= 15 is 0 Å². The highest BCUT2D eigenvalue weighted by Gasteiger charge is 2.24. The minimum Gasteiger partial charge on any atom is -0.462 e. The van der Waals surface area contributed by atoms with Crippen LogP contribution in [0.25, 0.3) is 6.08 Å². The topological polar surface area (TPSA) is 78.9 Å². The molecule has 1 rings (SSSR count). The van der Waals surface area contributed by atoms with Crippen LogP contribution in [0, 0.1) is 6.92 Å². The molecular formula is C16H20O6S. The van der Waals surface area contributed by atoms with Gasteiger partial charge >= 0.3 is 17.9 Å². The number of ether oxygens (including phenoxy) is 3. The summed E-state index contributed by atoms with van der Waals surface area (Å²) in [5.74, 6) is -2.07. The third-order valence-electron chi connectivity index (χ3n) is 2.76.